The monoisotopic (exact) mass is 671 g/mol. The highest BCUT2D eigenvalue weighted by molar-refractivity contribution is 7.26. The molecule has 0 radical (unpaired) electrons. The lowest BCUT2D eigenvalue weighted by molar-refractivity contribution is 1.18. The number of hydrogen-bond acceptors (Lipinski definition) is 1. The van der Waals surface area contributed by atoms with Crippen molar-refractivity contribution in [3.8, 4) is 33.6 Å². The van der Waals surface area contributed by atoms with Gasteiger partial charge in [0, 0.05) is 53.1 Å². The van der Waals surface area contributed by atoms with E-state index in [-0.39, 0.29) is 35.8 Å². The van der Waals surface area contributed by atoms with Crippen molar-refractivity contribution in [3.05, 3.63) is 182 Å². The topological polar surface area (TPSA) is 9.86 Å². The van der Waals surface area contributed by atoms with Gasteiger partial charge in [-0.15, -0.1) is 11.3 Å². The van der Waals surface area contributed by atoms with Gasteiger partial charge >= 0.3 is 0 Å². The van der Waals surface area contributed by atoms with Crippen molar-refractivity contribution in [2.75, 3.05) is 0 Å². The van der Waals surface area contributed by atoms with Crippen LogP contribution in [0.1, 0.15) is 6.85 Å². The van der Waals surface area contributed by atoms with Gasteiger partial charge in [-0.25, -0.2) is 0 Å². The van der Waals surface area contributed by atoms with Gasteiger partial charge in [0.15, 0.2) is 0 Å². The minimum atomic E-state index is -0.387. The molecule has 0 bridgehead atoms. The highest BCUT2D eigenvalue weighted by Gasteiger charge is 2.17. The Morgan fingerprint density at radius 2 is 1.00 bits per heavy atom. The van der Waals surface area contributed by atoms with Gasteiger partial charge in [-0.2, -0.15) is 0 Å². The zero-order chi connectivity index (χ0) is 37.8. The van der Waals surface area contributed by atoms with Crippen LogP contribution in [0, 0.1) is 0 Å². The van der Waals surface area contributed by atoms with E-state index in [1.165, 1.54) is 32.6 Å². The Labute approximate surface area is 305 Å². The van der Waals surface area contributed by atoms with E-state index >= 15 is 0 Å². The van der Waals surface area contributed by atoms with E-state index in [1.807, 2.05) is 18.2 Å². The minimum Gasteiger partial charge on any atom is -0.309 e. The van der Waals surface area contributed by atoms with Crippen LogP contribution in [0.5, 0.6) is 0 Å². The molecule has 0 amide bonds. The smallest absolute Gasteiger partial charge is 0.0629 e. The molecule has 11 rings (SSSR count). The first kappa shape index (κ1) is 23.9. The molecule has 0 spiro atoms. The van der Waals surface area contributed by atoms with Crippen molar-refractivity contribution in [1.82, 2.24) is 9.13 Å². The van der Waals surface area contributed by atoms with Crippen LogP contribution in [0.4, 0.5) is 0 Å². The van der Waals surface area contributed by atoms with E-state index in [0.29, 0.717) is 5.56 Å². The number of fused-ring (bicyclic) bond motifs is 9. The summed E-state index contributed by atoms with van der Waals surface area (Å²) in [5.41, 5.74) is 9.94. The zero-order valence-corrected chi connectivity index (χ0v) is 28.1. The van der Waals surface area contributed by atoms with Gasteiger partial charge in [-0.05, 0) is 89.0 Å². The van der Waals surface area contributed by atoms with Crippen LogP contribution in [-0.4, -0.2) is 9.13 Å². The fourth-order valence-electron chi connectivity index (χ4n) is 7.98. The summed E-state index contributed by atoms with van der Waals surface area (Å²) in [5, 5.41) is 6.67. The largest absolute Gasteiger partial charge is 0.309 e. The average Bonchev–Trinajstić information content (AvgIpc) is 3.89. The third-order valence-electron chi connectivity index (χ3n) is 10.2. The average molecular weight is 672 g/mol. The van der Waals surface area contributed by atoms with Crippen LogP contribution < -0.4 is 0 Å². The Bertz CT molecular complexity index is 3400. The second-order valence-electron chi connectivity index (χ2n) is 13.0. The lowest BCUT2D eigenvalue weighted by Gasteiger charge is -2.10. The maximum atomic E-state index is 8.69. The van der Waals surface area contributed by atoms with Crippen LogP contribution in [0.2, 0.25) is 0 Å². The molecular formula is C48H30N2S. The van der Waals surface area contributed by atoms with E-state index in [0.717, 1.165) is 53.7 Å². The third-order valence-corrected chi connectivity index (χ3v) is 11.3. The van der Waals surface area contributed by atoms with Crippen LogP contribution in [-0.2, 0) is 0 Å². The van der Waals surface area contributed by atoms with Crippen molar-refractivity contribution in [2.45, 2.75) is 0 Å². The molecule has 51 heavy (non-hydrogen) atoms. The highest BCUT2D eigenvalue weighted by Crippen LogP contribution is 2.42. The summed E-state index contributed by atoms with van der Waals surface area (Å²) in [5.74, 6) is 0. The van der Waals surface area contributed by atoms with Crippen molar-refractivity contribution in [3.63, 3.8) is 0 Å². The van der Waals surface area contributed by atoms with E-state index in [4.69, 9.17) is 6.85 Å². The lowest BCUT2D eigenvalue weighted by atomic mass is 9.99. The summed E-state index contributed by atoms with van der Waals surface area (Å²) in [6.07, 6.45) is 0. The normalized spacial score (nSPS) is 13.3. The van der Waals surface area contributed by atoms with Crippen LogP contribution in [0.25, 0.3) is 97.4 Å². The maximum Gasteiger partial charge on any atom is 0.0629 e. The molecule has 238 valence electrons. The number of aromatic nitrogens is 2. The quantitative estimate of drug-likeness (QED) is 0.176. The predicted molar refractivity (Wildman–Crippen MR) is 219 cm³/mol. The van der Waals surface area contributed by atoms with Gasteiger partial charge < -0.3 is 9.13 Å². The fourth-order valence-corrected chi connectivity index (χ4v) is 9.15. The number of hydrogen-bond donors (Lipinski definition) is 0. The molecule has 0 atom stereocenters. The first-order chi connectivity index (χ1) is 27.4. The van der Waals surface area contributed by atoms with Gasteiger partial charge in [-0.1, -0.05) is 115 Å². The first-order valence-corrected chi connectivity index (χ1v) is 17.8. The summed E-state index contributed by atoms with van der Waals surface area (Å²) in [7, 11) is 0. The second-order valence-corrected chi connectivity index (χ2v) is 14.0. The number of nitrogens with zero attached hydrogens (tertiary/aromatic N) is 2. The third kappa shape index (κ3) is 4.29. The number of rotatable bonds is 4. The highest BCUT2D eigenvalue weighted by atomic mass is 32.1. The summed E-state index contributed by atoms with van der Waals surface area (Å²) in [6.45, 7) is 0. The Morgan fingerprint density at radius 3 is 1.69 bits per heavy atom. The zero-order valence-electron chi connectivity index (χ0n) is 32.2. The molecule has 0 N–H and O–H groups in total. The molecule has 3 heterocycles. The van der Waals surface area contributed by atoms with E-state index < -0.39 is 0 Å². The Morgan fingerprint density at radius 1 is 0.392 bits per heavy atom. The molecular weight excluding hydrogens is 637 g/mol. The van der Waals surface area contributed by atoms with Gasteiger partial charge in [0.2, 0.25) is 0 Å². The van der Waals surface area contributed by atoms with Gasteiger partial charge in [0.1, 0.15) is 0 Å². The van der Waals surface area contributed by atoms with E-state index in [9.17, 15) is 0 Å². The number of thiophene rings is 1. The molecule has 0 fully saturated rings. The van der Waals surface area contributed by atoms with Crippen LogP contribution in [0.3, 0.4) is 0 Å². The molecule has 0 saturated heterocycles. The van der Waals surface area contributed by atoms with Crippen molar-refractivity contribution < 1.29 is 6.85 Å². The van der Waals surface area contributed by atoms with Crippen molar-refractivity contribution in [2.24, 2.45) is 0 Å². The van der Waals surface area contributed by atoms with Gasteiger partial charge in [-0.3, -0.25) is 0 Å². The summed E-state index contributed by atoms with van der Waals surface area (Å²) in [4.78, 5) is 0. The lowest BCUT2D eigenvalue weighted by Crippen LogP contribution is -1.93. The van der Waals surface area contributed by atoms with Crippen molar-refractivity contribution in [1.29, 1.82) is 0 Å². The number of para-hydroxylation sites is 3. The Hall–Kier alpha value is -6.42. The molecule has 0 unspecified atom stereocenters. The van der Waals surface area contributed by atoms with Crippen LogP contribution >= 0.6 is 11.3 Å². The second kappa shape index (κ2) is 11.0. The molecule has 0 aliphatic carbocycles. The minimum absolute atomic E-state index is 0.192. The van der Waals surface area contributed by atoms with Gasteiger partial charge in [0.05, 0.1) is 28.9 Å². The first-order valence-electron chi connectivity index (χ1n) is 19.5. The SMILES string of the molecule is [2H]c1c([2H])c([2H])c(-c2cccc3sc4cc(-n5c6ccccc6c6cc(-c7ccc8c(c7)c7ccccc7n8-c7ccccc7)ccc65)ccc4c23)c([2H])c1[2H]. The molecule has 11 aromatic rings. The Balaban J connectivity index is 1.07. The molecule has 2 nitrogen and oxygen atoms in total. The maximum absolute atomic E-state index is 8.69. The fraction of sp³-hybridized carbons (Fsp3) is 0. The summed E-state index contributed by atoms with van der Waals surface area (Å²) >= 11 is 1.65. The molecule has 3 heteroatoms. The van der Waals surface area contributed by atoms with E-state index in [2.05, 4.69) is 143 Å². The molecule has 3 aromatic heterocycles. The van der Waals surface area contributed by atoms with E-state index in [1.54, 1.807) is 11.3 Å². The molecule has 0 aliphatic heterocycles. The summed E-state index contributed by atoms with van der Waals surface area (Å²) in [6, 6.07) is 52.1. The van der Waals surface area contributed by atoms with Crippen molar-refractivity contribution >= 4 is 75.1 Å². The molecule has 0 saturated carbocycles. The Kier molecular flexibility index (Phi) is 5.17. The molecule has 8 aromatic carbocycles. The van der Waals surface area contributed by atoms with Crippen LogP contribution in [0.15, 0.2) is 182 Å². The standard InChI is InChI=1S/C48H30N2S/c1-3-12-31(13-4-1)36-18-11-21-46-48(36)39-25-24-35(30-47(39)51-46)50-43-20-10-8-17-38(43)41-29-33(23-27-45(41)50)32-22-26-44-40(28-32)37-16-7-9-19-42(37)49(44)34-14-5-2-6-15-34/h1-30H/i1D,3D,4D,12D,13D. The molecule has 0 aliphatic rings. The number of benzene rings is 8. The summed E-state index contributed by atoms with van der Waals surface area (Å²) < 4.78 is 48.8. The van der Waals surface area contributed by atoms with Gasteiger partial charge in [0.25, 0.3) is 0 Å². The predicted octanol–water partition coefficient (Wildman–Crippen LogP) is 13.6.